The van der Waals surface area contributed by atoms with E-state index in [0.717, 1.165) is 31.4 Å². The zero-order valence-corrected chi connectivity index (χ0v) is 11.2. The van der Waals surface area contributed by atoms with Crippen LogP contribution in [-0.2, 0) is 4.79 Å². The number of carboxylic acids is 1. The highest BCUT2D eigenvalue weighted by molar-refractivity contribution is 5.80. The van der Waals surface area contributed by atoms with E-state index in [-0.39, 0.29) is 23.1 Å². The van der Waals surface area contributed by atoms with Crippen LogP contribution >= 0.6 is 0 Å². The van der Waals surface area contributed by atoms with Crippen LogP contribution in [0.15, 0.2) is 12.1 Å². The lowest BCUT2D eigenvalue weighted by Crippen LogP contribution is -2.40. The summed E-state index contributed by atoms with van der Waals surface area (Å²) in [5.74, 6) is -2.69. The van der Waals surface area contributed by atoms with Gasteiger partial charge >= 0.3 is 5.97 Å². The van der Waals surface area contributed by atoms with Crippen LogP contribution in [0.4, 0.5) is 14.5 Å². The van der Waals surface area contributed by atoms with Crippen molar-refractivity contribution in [3.63, 3.8) is 0 Å². The topological polar surface area (TPSA) is 64.3 Å². The molecule has 1 N–H and O–H groups in total. The van der Waals surface area contributed by atoms with Crippen LogP contribution < -0.4 is 4.90 Å². The Balaban J connectivity index is 2.04. The zero-order chi connectivity index (χ0) is 15.1. The highest BCUT2D eigenvalue weighted by Gasteiger charge is 2.49. The standard InChI is InChI=1S/C15H14F2N2O2/c16-11-4-8(6-18)5-12(17)14(11)19-7-9-2-1-3-10(9)13(19)15(20)21/h4-5,9-10,13H,1-3,7H2,(H,20,21). The third-order valence-corrected chi connectivity index (χ3v) is 4.58. The van der Waals surface area contributed by atoms with Crippen molar-refractivity contribution in [1.29, 1.82) is 5.26 Å². The molecule has 6 heteroatoms. The Hall–Kier alpha value is -2.16. The van der Waals surface area contributed by atoms with Gasteiger partial charge in [0.15, 0.2) is 11.6 Å². The molecule has 1 aromatic carbocycles. The first-order valence-corrected chi connectivity index (χ1v) is 6.91. The van der Waals surface area contributed by atoms with Gasteiger partial charge in [0, 0.05) is 6.54 Å². The van der Waals surface area contributed by atoms with Crippen molar-refractivity contribution >= 4 is 11.7 Å². The van der Waals surface area contributed by atoms with Crippen LogP contribution in [0.3, 0.4) is 0 Å². The molecule has 0 aromatic heterocycles. The lowest BCUT2D eigenvalue weighted by atomic mass is 9.94. The molecule has 21 heavy (non-hydrogen) atoms. The maximum Gasteiger partial charge on any atom is 0.326 e. The Labute approximate surface area is 120 Å². The molecule has 1 aliphatic carbocycles. The monoisotopic (exact) mass is 292 g/mol. The average molecular weight is 292 g/mol. The predicted molar refractivity (Wildman–Crippen MR) is 70.7 cm³/mol. The first-order valence-electron chi connectivity index (χ1n) is 6.91. The average Bonchev–Trinajstić information content (AvgIpc) is 2.97. The van der Waals surface area contributed by atoms with Gasteiger partial charge in [0.1, 0.15) is 11.7 Å². The van der Waals surface area contributed by atoms with E-state index in [1.54, 1.807) is 6.07 Å². The van der Waals surface area contributed by atoms with Crippen molar-refractivity contribution in [3.05, 3.63) is 29.3 Å². The smallest absolute Gasteiger partial charge is 0.326 e. The number of aliphatic carboxylic acids is 1. The Kier molecular flexibility index (Phi) is 3.28. The van der Waals surface area contributed by atoms with E-state index < -0.39 is 23.6 Å². The third-order valence-electron chi connectivity index (χ3n) is 4.58. The summed E-state index contributed by atoms with van der Waals surface area (Å²) < 4.78 is 28.3. The molecule has 110 valence electrons. The van der Waals surface area contributed by atoms with E-state index in [1.165, 1.54) is 4.90 Å². The minimum atomic E-state index is -1.05. The molecule has 0 bridgehead atoms. The Morgan fingerprint density at radius 2 is 2.00 bits per heavy atom. The molecule has 2 aliphatic rings. The number of nitrogens with zero attached hydrogens (tertiary/aromatic N) is 2. The number of halogens is 2. The Morgan fingerprint density at radius 1 is 1.33 bits per heavy atom. The summed E-state index contributed by atoms with van der Waals surface area (Å²) in [6, 6.07) is 2.69. The lowest BCUT2D eigenvalue weighted by molar-refractivity contribution is -0.139. The molecule has 0 radical (unpaired) electrons. The van der Waals surface area contributed by atoms with E-state index in [2.05, 4.69) is 0 Å². The summed E-state index contributed by atoms with van der Waals surface area (Å²) in [4.78, 5) is 12.9. The molecular formula is C15H14F2N2O2. The summed E-state index contributed by atoms with van der Waals surface area (Å²) in [5, 5.41) is 18.2. The number of hydrogen-bond acceptors (Lipinski definition) is 3. The number of rotatable bonds is 2. The van der Waals surface area contributed by atoms with Crippen LogP contribution in [0.5, 0.6) is 0 Å². The molecule has 2 fully saturated rings. The fourth-order valence-corrected chi connectivity index (χ4v) is 3.76. The highest BCUT2D eigenvalue weighted by atomic mass is 19.1. The second-order valence-electron chi connectivity index (χ2n) is 5.69. The van der Waals surface area contributed by atoms with Crippen molar-refractivity contribution in [2.24, 2.45) is 11.8 Å². The number of carbonyl (C=O) groups is 1. The summed E-state index contributed by atoms with van der Waals surface area (Å²) >= 11 is 0. The number of carboxylic acid groups (broad SMARTS) is 1. The Bertz CT molecular complexity index is 618. The summed E-state index contributed by atoms with van der Waals surface area (Å²) in [5.41, 5.74) is -0.434. The van der Waals surface area contributed by atoms with Crippen LogP contribution in [0.1, 0.15) is 24.8 Å². The maximum atomic E-state index is 14.1. The van der Waals surface area contributed by atoms with Crippen molar-refractivity contribution in [2.45, 2.75) is 25.3 Å². The van der Waals surface area contributed by atoms with Gasteiger partial charge in [0.2, 0.25) is 0 Å². The summed E-state index contributed by atoms with van der Waals surface area (Å²) in [6.07, 6.45) is 2.63. The van der Waals surface area contributed by atoms with Gasteiger partial charge in [-0.05, 0) is 36.8 Å². The minimum absolute atomic E-state index is 0.0584. The lowest BCUT2D eigenvalue weighted by Gasteiger charge is -2.27. The van der Waals surface area contributed by atoms with E-state index >= 15 is 0 Å². The third kappa shape index (κ3) is 2.13. The van der Waals surface area contributed by atoms with Gasteiger partial charge in [0.25, 0.3) is 0 Å². The van der Waals surface area contributed by atoms with Crippen LogP contribution in [0.25, 0.3) is 0 Å². The number of fused-ring (bicyclic) bond motifs is 1. The first kappa shape index (κ1) is 13.8. The molecule has 3 unspecified atom stereocenters. The summed E-state index contributed by atoms with van der Waals surface area (Å²) in [7, 11) is 0. The quantitative estimate of drug-likeness (QED) is 0.909. The van der Waals surface area contributed by atoms with Gasteiger partial charge < -0.3 is 10.0 Å². The van der Waals surface area contributed by atoms with E-state index in [4.69, 9.17) is 5.26 Å². The number of benzene rings is 1. The molecule has 1 saturated carbocycles. The number of hydrogen-bond donors (Lipinski definition) is 1. The molecule has 1 heterocycles. The predicted octanol–water partition coefficient (Wildman–Crippen LogP) is 2.53. The second-order valence-corrected chi connectivity index (χ2v) is 5.69. The number of nitriles is 1. The molecule has 3 rings (SSSR count). The number of anilines is 1. The first-order chi connectivity index (χ1) is 10.0. The van der Waals surface area contributed by atoms with Gasteiger partial charge in [-0.15, -0.1) is 0 Å². The van der Waals surface area contributed by atoms with Crippen LogP contribution in [0, 0.1) is 34.8 Å². The minimum Gasteiger partial charge on any atom is -0.480 e. The van der Waals surface area contributed by atoms with Crippen LogP contribution in [0.2, 0.25) is 0 Å². The molecular weight excluding hydrogens is 278 g/mol. The van der Waals surface area contributed by atoms with Gasteiger partial charge in [-0.1, -0.05) is 6.42 Å². The largest absolute Gasteiger partial charge is 0.480 e. The van der Waals surface area contributed by atoms with Gasteiger partial charge in [-0.2, -0.15) is 5.26 Å². The maximum absolute atomic E-state index is 14.1. The van der Waals surface area contributed by atoms with E-state index in [1.807, 2.05) is 0 Å². The second kappa shape index (κ2) is 4.99. The van der Waals surface area contributed by atoms with Crippen LogP contribution in [-0.4, -0.2) is 23.7 Å². The molecule has 1 aromatic rings. The Morgan fingerprint density at radius 3 is 2.57 bits per heavy atom. The fraction of sp³-hybridized carbons (Fsp3) is 0.467. The molecule has 1 saturated heterocycles. The van der Waals surface area contributed by atoms with Crippen molar-refractivity contribution in [2.75, 3.05) is 11.4 Å². The van der Waals surface area contributed by atoms with Crippen molar-refractivity contribution in [1.82, 2.24) is 0 Å². The fourth-order valence-electron chi connectivity index (χ4n) is 3.76. The highest BCUT2D eigenvalue weighted by Crippen LogP contribution is 2.45. The van der Waals surface area contributed by atoms with Crippen molar-refractivity contribution in [3.8, 4) is 6.07 Å². The van der Waals surface area contributed by atoms with E-state index in [9.17, 15) is 18.7 Å². The van der Waals surface area contributed by atoms with Gasteiger partial charge in [-0.25, -0.2) is 13.6 Å². The van der Waals surface area contributed by atoms with Crippen molar-refractivity contribution < 1.29 is 18.7 Å². The zero-order valence-electron chi connectivity index (χ0n) is 11.2. The normalized spacial score (nSPS) is 27.5. The molecule has 0 spiro atoms. The molecule has 1 aliphatic heterocycles. The van der Waals surface area contributed by atoms with Gasteiger partial charge in [-0.3, -0.25) is 0 Å². The molecule has 0 amide bonds. The van der Waals surface area contributed by atoms with Gasteiger partial charge in [0.05, 0.1) is 11.6 Å². The molecule has 4 nitrogen and oxygen atoms in total. The van der Waals surface area contributed by atoms with E-state index in [0.29, 0.717) is 6.54 Å². The summed E-state index contributed by atoms with van der Waals surface area (Å²) in [6.45, 7) is 0.349. The SMILES string of the molecule is N#Cc1cc(F)c(N2CC3CCCC3C2C(=O)O)c(F)c1. The molecule has 3 atom stereocenters.